The Bertz CT molecular complexity index is 745. The van der Waals surface area contributed by atoms with Crippen molar-refractivity contribution in [1.82, 2.24) is 9.29 Å². The number of rotatable bonds is 5. The van der Waals surface area contributed by atoms with Gasteiger partial charge < -0.3 is 4.74 Å². The van der Waals surface area contributed by atoms with Gasteiger partial charge in [-0.1, -0.05) is 30.3 Å². The van der Waals surface area contributed by atoms with Gasteiger partial charge in [-0.25, -0.2) is 8.42 Å². The summed E-state index contributed by atoms with van der Waals surface area (Å²) in [7, 11) is -3.31. The monoisotopic (exact) mass is 332 g/mol. The molecule has 1 aliphatic heterocycles. The molecule has 0 unspecified atom stereocenters. The molecule has 5 nitrogen and oxygen atoms in total. The predicted molar refractivity (Wildman–Crippen MR) is 88.6 cm³/mol. The Balaban J connectivity index is 1.61. The number of ether oxygens (including phenoxy) is 1. The maximum Gasteiger partial charge on any atom is 0.218 e. The molecule has 1 saturated heterocycles. The standard InChI is InChI=1S/C17H20N2O3S/c1-14-7-8-16(11-18-14)22-17-9-10-19(12-17)23(20,21)13-15-5-3-2-4-6-15/h2-8,11,17H,9-10,12-13H2,1H3/t17-/m1/s1. The van der Waals surface area contributed by atoms with E-state index in [1.54, 1.807) is 6.20 Å². The van der Waals surface area contributed by atoms with Gasteiger partial charge in [0.2, 0.25) is 10.0 Å². The van der Waals surface area contributed by atoms with E-state index in [0.29, 0.717) is 25.3 Å². The first kappa shape index (κ1) is 16.0. The largest absolute Gasteiger partial charge is 0.487 e. The molecule has 1 aliphatic rings. The van der Waals surface area contributed by atoms with Gasteiger partial charge in [-0.05, 0) is 31.0 Å². The number of hydrogen-bond donors (Lipinski definition) is 0. The highest BCUT2D eigenvalue weighted by molar-refractivity contribution is 7.88. The first-order valence-corrected chi connectivity index (χ1v) is 9.25. The number of sulfonamides is 1. The number of pyridine rings is 1. The van der Waals surface area contributed by atoms with Gasteiger partial charge in [-0.15, -0.1) is 0 Å². The summed E-state index contributed by atoms with van der Waals surface area (Å²) in [6.45, 7) is 2.80. The Labute approximate surface area is 137 Å². The van der Waals surface area contributed by atoms with Crippen molar-refractivity contribution in [2.24, 2.45) is 0 Å². The second-order valence-corrected chi connectivity index (χ2v) is 7.73. The van der Waals surface area contributed by atoms with Gasteiger partial charge in [0.15, 0.2) is 0 Å². The third kappa shape index (κ3) is 4.09. The summed E-state index contributed by atoms with van der Waals surface area (Å²) in [6.07, 6.45) is 2.25. The fraction of sp³-hybridized carbons (Fsp3) is 0.353. The molecule has 0 saturated carbocycles. The minimum atomic E-state index is -3.31. The van der Waals surface area contributed by atoms with Crippen molar-refractivity contribution >= 4 is 10.0 Å². The number of aromatic nitrogens is 1. The molecule has 0 spiro atoms. The Kier molecular flexibility index (Phi) is 4.63. The van der Waals surface area contributed by atoms with Crippen LogP contribution in [0.3, 0.4) is 0 Å². The smallest absolute Gasteiger partial charge is 0.218 e. The zero-order valence-electron chi connectivity index (χ0n) is 13.1. The molecule has 122 valence electrons. The molecule has 1 fully saturated rings. The van der Waals surface area contributed by atoms with E-state index in [1.165, 1.54) is 4.31 Å². The molecular formula is C17H20N2O3S. The lowest BCUT2D eigenvalue weighted by atomic mass is 10.2. The lowest BCUT2D eigenvalue weighted by Gasteiger charge is -2.17. The third-order valence-corrected chi connectivity index (χ3v) is 5.70. The number of nitrogens with zero attached hydrogens (tertiary/aromatic N) is 2. The zero-order valence-corrected chi connectivity index (χ0v) is 13.9. The molecule has 2 heterocycles. The van der Waals surface area contributed by atoms with Gasteiger partial charge in [0.1, 0.15) is 11.9 Å². The minimum Gasteiger partial charge on any atom is -0.487 e. The lowest BCUT2D eigenvalue weighted by Crippen LogP contribution is -2.32. The fourth-order valence-electron chi connectivity index (χ4n) is 2.64. The van der Waals surface area contributed by atoms with Crippen LogP contribution in [0.25, 0.3) is 0 Å². The molecule has 0 N–H and O–H groups in total. The van der Waals surface area contributed by atoms with Crippen LogP contribution in [-0.4, -0.2) is 36.9 Å². The van der Waals surface area contributed by atoms with Gasteiger partial charge in [-0.3, -0.25) is 4.98 Å². The average Bonchev–Trinajstić information content (AvgIpc) is 3.00. The normalized spacial score (nSPS) is 18.9. The van der Waals surface area contributed by atoms with Gasteiger partial charge in [0.05, 0.1) is 18.5 Å². The second kappa shape index (κ2) is 6.68. The molecule has 0 bridgehead atoms. The van der Waals surface area contributed by atoms with Gasteiger partial charge in [0, 0.05) is 12.2 Å². The maximum atomic E-state index is 12.5. The molecule has 23 heavy (non-hydrogen) atoms. The highest BCUT2D eigenvalue weighted by Gasteiger charge is 2.32. The van der Waals surface area contributed by atoms with Crippen molar-refractivity contribution in [3.8, 4) is 5.75 Å². The van der Waals surface area contributed by atoms with E-state index in [-0.39, 0.29) is 11.9 Å². The predicted octanol–water partition coefficient (Wildman–Crippen LogP) is 2.37. The van der Waals surface area contributed by atoms with E-state index in [2.05, 4.69) is 4.98 Å². The van der Waals surface area contributed by atoms with Crippen LogP contribution in [0.4, 0.5) is 0 Å². The highest BCUT2D eigenvalue weighted by atomic mass is 32.2. The summed E-state index contributed by atoms with van der Waals surface area (Å²) < 4.78 is 32.4. The first-order valence-electron chi connectivity index (χ1n) is 7.64. The molecule has 1 atom stereocenters. The van der Waals surface area contributed by atoms with Crippen molar-refractivity contribution in [3.05, 3.63) is 59.9 Å². The van der Waals surface area contributed by atoms with E-state index >= 15 is 0 Å². The molecule has 0 aliphatic carbocycles. The van der Waals surface area contributed by atoms with Crippen LogP contribution < -0.4 is 4.74 Å². The van der Waals surface area contributed by atoms with E-state index in [4.69, 9.17) is 4.74 Å². The van der Waals surface area contributed by atoms with Gasteiger partial charge in [0.25, 0.3) is 0 Å². The summed E-state index contributed by atoms with van der Waals surface area (Å²) in [5.74, 6) is 0.718. The van der Waals surface area contributed by atoms with Crippen LogP contribution >= 0.6 is 0 Å². The summed E-state index contributed by atoms with van der Waals surface area (Å²) in [5, 5.41) is 0. The number of aryl methyl sites for hydroxylation is 1. The number of benzene rings is 1. The molecule has 2 aromatic rings. The Hall–Kier alpha value is -1.92. The molecular weight excluding hydrogens is 312 g/mol. The van der Waals surface area contributed by atoms with E-state index < -0.39 is 10.0 Å². The van der Waals surface area contributed by atoms with Crippen LogP contribution in [0, 0.1) is 6.92 Å². The highest BCUT2D eigenvalue weighted by Crippen LogP contribution is 2.21. The van der Waals surface area contributed by atoms with E-state index in [0.717, 1.165) is 11.3 Å². The van der Waals surface area contributed by atoms with Crippen molar-refractivity contribution < 1.29 is 13.2 Å². The minimum absolute atomic E-state index is 0.0344. The lowest BCUT2D eigenvalue weighted by molar-refractivity contribution is 0.214. The molecule has 1 aromatic heterocycles. The van der Waals surface area contributed by atoms with Crippen LogP contribution in [0.2, 0.25) is 0 Å². The molecule has 6 heteroatoms. The van der Waals surface area contributed by atoms with Crippen molar-refractivity contribution in [1.29, 1.82) is 0 Å². The Morgan fingerprint density at radius 3 is 2.70 bits per heavy atom. The third-order valence-electron chi connectivity index (χ3n) is 3.88. The van der Waals surface area contributed by atoms with Gasteiger partial charge in [-0.2, -0.15) is 4.31 Å². The first-order chi connectivity index (χ1) is 11.0. The Morgan fingerprint density at radius 1 is 1.22 bits per heavy atom. The average molecular weight is 332 g/mol. The zero-order chi connectivity index (χ0) is 16.3. The van der Waals surface area contributed by atoms with Crippen LogP contribution in [0.1, 0.15) is 17.7 Å². The molecule has 0 radical (unpaired) electrons. The summed E-state index contributed by atoms with van der Waals surface area (Å²) in [4.78, 5) is 4.19. The summed E-state index contributed by atoms with van der Waals surface area (Å²) >= 11 is 0. The summed E-state index contributed by atoms with van der Waals surface area (Å²) in [5.41, 5.74) is 1.73. The van der Waals surface area contributed by atoms with E-state index in [9.17, 15) is 8.42 Å². The van der Waals surface area contributed by atoms with E-state index in [1.807, 2.05) is 49.4 Å². The van der Waals surface area contributed by atoms with Crippen molar-refractivity contribution in [2.75, 3.05) is 13.1 Å². The Morgan fingerprint density at radius 2 is 2.00 bits per heavy atom. The fourth-order valence-corrected chi connectivity index (χ4v) is 4.21. The van der Waals surface area contributed by atoms with Crippen molar-refractivity contribution in [3.63, 3.8) is 0 Å². The SMILES string of the molecule is Cc1ccc(O[C@@H]2CCN(S(=O)(=O)Cc3ccccc3)C2)cn1. The van der Waals surface area contributed by atoms with Crippen LogP contribution in [0.15, 0.2) is 48.7 Å². The molecule has 0 amide bonds. The van der Waals surface area contributed by atoms with Gasteiger partial charge >= 0.3 is 0 Å². The number of hydrogen-bond acceptors (Lipinski definition) is 4. The quantitative estimate of drug-likeness (QED) is 0.843. The summed E-state index contributed by atoms with van der Waals surface area (Å²) in [6, 6.07) is 13.0. The van der Waals surface area contributed by atoms with Crippen LogP contribution in [0.5, 0.6) is 5.75 Å². The maximum absolute atomic E-state index is 12.5. The van der Waals surface area contributed by atoms with Crippen LogP contribution in [-0.2, 0) is 15.8 Å². The second-order valence-electron chi connectivity index (χ2n) is 5.76. The molecule has 3 rings (SSSR count). The topological polar surface area (TPSA) is 59.5 Å². The molecule has 1 aromatic carbocycles. The van der Waals surface area contributed by atoms with Crippen molar-refractivity contribution in [2.45, 2.75) is 25.2 Å².